The first kappa shape index (κ1) is 72.3. The van der Waals surface area contributed by atoms with Crippen LogP contribution >= 0.6 is 11.6 Å². The van der Waals surface area contributed by atoms with E-state index in [0.29, 0.717) is 74.1 Å². The second-order valence-electron chi connectivity index (χ2n) is 22.9. The third kappa shape index (κ3) is 15.0. The van der Waals surface area contributed by atoms with E-state index in [1.807, 2.05) is 127 Å². The van der Waals surface area contributed by atoms with Gasteiger partial charge in [-0.25, -0.2) is 9.97 Å². The molecule has 1 aliphatic rings. The van der Waals surface area contributed by atoms with Crippen molar-refractivity contribution in [3.05, 3.63) is 332 Å². The number of methoxy groups -OCH3 is 1. The van der Waals surface area contributed by atoms with Crippen molar-refractivity contribution in [2.45, 2.75) is 13.8 Å². The summed E-state index contributed by atoms with van der Waals surface area (Å²) < 4.78 is 9.37. The van der Waals surface area contributed by atoms with Gasteiger partial charge in [0.05, 0.1) is 51.8 Å². The van der Waals surface area contributed by atoms with E-state index < -0.39 is 0 Å². The van der Waals surface area contributed by atoms with Crippen LogP contribution in [0.5, 0.6) is 0 Å². The Balaban J connectivity index is 0.000000159. The number of aromatic nitrogens is 5. The Labute approximate surface area is 625 Å². The van der Waals surface area contributed by atoms with Crippen molar-refractivity contribution in [1.29, 1.82) is 0 Å². The molecule has 0 spiro atoms. The van der Waals surface area contributed by atoms with Crippen LogP contribution in [-0.2, 0) is 15.9 Å². The Morgan fingerprint density at radius 1 is 0.404 bits per heavy atom. The van der Waals surface area contributed by atoms with Gasteiger partial charge >= 0.3 is 52.6 Å². The van der Waals surface area contributed by atoms with Gasteiger partial charge in [0, 0.05) is 99.8 Å². The second-order valence-corrected chi connectivity index (χ2v) is 23.1. The molecule has 0 radical (unpaired) electrons. The fourth-order valence-electron chi connectivity index (χ4n) is 12.6. The first-order chi connectivity index (χ1) is 46.7. The SMILES string of the molecule is C.COCCOCCl.O=C1c2ccccc2Cc2cc3c(=O)c4ccccc4[nH]c3cc21.O=c1c2ccccc2[nH]c2cc3c(=O)c4ccccc4[nH]c3cc12.[Br-].[H-].[Mg+2].[Na+].[c-]1ccccc1.c1ccc(-c2c3ccccc3nc3cc4c(-c5ccccc5)c5ccccc5nc4cc23)cc1. The Hall–Kier alpha value is -9.48. The number of halogens is 2. The van der Waals surface area contributed by atoms with E-state index in [2.05, 4.69) is 147 Å². The minimum Gasteiger partial charge on any atom is -1.00 e. The number of pyridine rings is 5. The predicted octanol–water partition coefficient (Wildman–Crippen LogP) is 12.6. The van der Waals surface area contributed by atoms with Crippen molar-refractivity contribution in [2.75, 3.05) is 26.4 Å². The Bertz CT molecular complexity index is 5690. The molecule has 478 valence electrons. The number of benzene rings is 12. The molecule has 0 atom stereocenters. The standard InChI is InChI=1S/C32H20N2.C21H13NO2.C20H12N2O2.C6H5.C4H9ClO2.CH4.BrH.Mg.Na.H/c1-3-11-21(12-4-1)31-23-15-7-9-17-27(23)33-29-20-26-30(19-25(29)31)34-28-18-10-8-16-24(28)32(26)22-13-5-2-6-14-22;23-20-14-6-2-1-5-12(14)9-13-10-17-19(11-16(13)20)22-18-8-4-3-7-15(18)21(17)24;23-19-11-5-1-3-7-15(11)21-17-10-14-18(9-13(17)19)22-16-8-4-2-6-12(16)20(14)24;1-2-4-6-5-3-1;1-6-2-3-7-4-5;;;;;/h1-20H;1-8,10-11H,9H2,(H,22,24);1-10H,(H,21,23)(H,22,24);1-5H;2-4H2,1H3;1H4;1H;;;/q;;;-1;;;;+2;+1;-1/p-1. The molecule has 0 saturated heterocycles. The van der Waals surface area contributed by atoms with E-state index in [1.165, 1.54) is 22.3 Å². The summed E-state index contributed by atoms with van der Waals surface area (Å²) in [4.78, 5) is 71.2. The minimum absolute atomic E-state index is 0. The van der Waals surface area contributed by atoms with E-state index in [4.69, 9.17) is 26.3 Å². The number of aromatic amines is 3. The molecular weight excluding hydrogens is 1340 g/mol. The maximum absolute atomic E-state index is 12.8. The summed E-state index contributed by atoms with van der Waals surface area (Å²) in [7, 11) is 1.62. The van der Waals surface area contributed by atoms with Crippen LogP contribution < -0.4 is 62.8 Å². The number of nitrogens with one attached hydrogen (secondary N) is 3. The van der Waals surface area contributed by atoms with Crippen LogP contribution in [0.15, 0.2) is 287 Å². The van der Waals surface area contributed by atoms with Crippen molar-refractivity contribution in [3.8, 4) is 22.3 Å². The number of alkyl halides is 1. The quantitative estimate of drug-likeness (QED) is 0.0488. The fraction of sp³-hybridized carbons (Fsp3) is 0.0714. The van der Waals surface area contributed by atoms with Gasteiger partial charge < -0.3 is 42.8 Å². The molecule has 0 fully saturated rings. The van der Waals surface area contributed by atoms with E-state index in [-0.39, 0.29) is 107 Å². The maximum Gasteiger partial charge on any atom is 2.00 e. The fourth-order valence-corrected chi connectivity index (χ4v) is 12.7. The largest absolute Gasteiger partial charge is 2.00 e. The van der Waals surface area contributed by atoms with E-state index >= 15 is 0 Å². The van der Waals surface area contributed by atoms with E-state index in [0.717, 1.165) is 76.9 Å². The summed E-state index contributed by atoms with van der Waals surface area (Å²) in [6, 6.07) is 92.4. The van der Waals surface area contributed by atoms with Gasteiger partial charge in [-0.3, -0.25) is 19.2 Å². The number of nitrogens with zero attached hydrogens (tertiary/aromatic N) is 2. The van der Waals surface area contributed by atoms with E-state index in [1.54, 1.807) is 31.4 Å². The number of fused-ring (bicyclic) bond motifs is 12. The molecular formula is C84H64BrClMgN5NaO6. The zero-order valence-corrected chi connectivity index (χ0v) is 59.4. The van der Waals surface area contributed by atoms with E-state index in [9.17, 15) is 19.2 Å². The third-order valence-corrected chi connectivity index (χ3v) is 17.2. The molecule has 12 aromatic carbocycles. The number of rotatable bonds is 6. The zero-order chi connectivity index (χ0) is 64.8. The van der Waals surface area contributed by atoms with Crippen LogP contribution in [0.1, 0.15) is 35.9 Å². The average molecular weight is 1400 g/mol. The van der Waals surface area contributed by atoms with Gasteiger partial charge in [-0.15, -0.1) is 0 Å². The summed E-state index contributed by atoms with van der Waals surface area (Å²) in [6.45, 7) is 1.20. The Morgan fingerprint density at radius 3 is 1.23 bits per heavy atom. The summed E-state index contributed by atoms with van der Waals surface area (Å²) in [5.41, 5.74) is 16.5. The average Bonchev–Trinajstić information content (AvgIpc) is 0.754. The number of para-hydroxylation sites is 5. The summed E-state index contributed by atoms with van der Waals surface area (Å²) in [6.07, 6.45) is 0.680. The van der Waals surface area contributed by atoms with Crippen LogP contribution in [0.3, 0.4) is 0 Å². The molecule has 5 aromatic heterocycles. The molecule has 0 unspecified atom stereocenters. The van der Waals surface area contributed by atoms with Gasteiger partial charge in [0.1, 0.15) is 6.07 Å². The first-order valence-corrected chi connectivity index (χ1v) is 31.7. The number of hydrogen-bond donors (Lipinski definition) is 3. The van der Waals surface area contributed by atoms with Crippen molar-refractivity contribution in [2.24, 2.45) is 0 Å². The maximum atomic E-state index is 12.8. The normalized spacial score (nSPS) is 11.1. The molecule has 0 aliphatic heterocycles. The van der Waals surface area contributed by atoms with Crippen LogP contribution in [0.25, 0.3) is 131 Å². The van der Waals surface area contributed by atoms with Crippen LogP contribution in [-0.4, -0.2) is 80.1 Å². The second kappa shape index (κ2) is 32.9. The first-order valence-electron chi connectivity index (χ1n) is 31.1. The number of ether oxygens (including phenoxy) is 2. The Morgan fingerprint density at radius 2 is 0.798 bits per heavy atom. The van der Waals surface area contributed by atoms with Crippen LogP contribution in [0.4, 0.5) is 0 Å². The van der Waals surface area contributed by atoms with Crippen molar-refractivity contribution in [3.63, 3.8) is 0 Å². The topological polar surface area (TPSA) is 160 Å². The number of carbonyl (C=O) groups is 1. The minimum atomic E-state index is -0.0322. The summed E-state index contributed by atoms with van der Waals surface area (Å²) in [5, 5.41) is 8.32. The summed E-state index contributed by atoms with van der Waals surface area (Å²) >= 11 is 5.16. The monoisotopic (exact) mass is 1400 g/mol. The van der Waals surface area contributed by atoms with Gasteiger partial charge in [0.25, 0.3) is 0 Å². The molecule has 3 N–H and O–H groups in total. The number of H-pyrrole nitrogens is 3. The predicted molar refractivity (Wildman–Crippen MR) is 403 cm³/mol. The molecule has 0 saturated carbocycles. The van der Waals surface area contributed by atoms with Crippen molar-refractivity contribution >= 4 is 149 Å². The van der Waals surface area contributed by atoms with Crippen molar-refractivity contribution in [1.82, 2.24) is 24.9 Å². The van der Waals surface area contributed by atoms with Gasteiger partial charge in [0.2, 0.25) is 0 Å². The molecule has 15 heteroatoms. The Kier molecular flexibility index (Phi) is 24.0. The van der Waals surface area contributed by atoms with Crippen LogP contribution in [0.2, 0.25) is 0 Å². The van der Waals surface area contributed by atoms with Gasteiger partial charge in [0.15, 0.2) is 22.1 Å². The molecule has 0 bridgehead atoms. The number of hydrogen-bond acceptors (Lipinski definition) is 8. The molecule has 0 amide bonds. The molecule has 5 heterocycles. The van der Waals surface area contributed by atoms with Gasteiger partial charge in [-0.05, 0) is 114 Å². The smallest absolute Gasteiger partial charge is 1.00 e. The van der Waals surface area contributed by atoms with Crippen LogP contribution in [0, 0.1) is 6.07 Å². The van der Waals surface area contributed by atoms with Crippen molar-refractivity contribution < 1.29 is 62.2 Å². The van der Waals surface area contributed by atoms with Gasteiger partial charge in [-0.1, -0.05) is 177 Å². The number of carbonyl (C=O) groups excluding carboxylic acids is 1. The number of ketones is 1. The summed E-state index contributed by atoms with van der Waals surface area (Å²) in [5.74, 6) is 0.0303. The molecule has 1 aliphatic carbocycles. The van der Waals surface area contributed by atoms with Gasteiger partial charge in [-0.2, -0.15) is 36.4 Å². The molecule has 18 rings (SSSR count). The molecule has 11 nitrogen and oxygen atoms in total. The zero-order valence-electron chi connectivity index (χ0n) is 54.6. The third-order valence-electron chi connectivity index (χ3n) is 17.1. The molecule has 17 aromatic rings. The molecule has 99 heavy (non-hydrogen) atoms.